The van der Waals surface area contributed by atoms with Crippen molar-refractivity contribution in [1.29, 1.82) is 0 Å². The second kappa shape index (κ2) is 12.5. The van der Waals surface area contributed by atoms with Gasteiger partial charge in [0.05, 0.1) is 6.10 Å². The molecule has 5 aromatic carbocycles. The van der Waals surface area contributed by atoms with Crippen LogP contribution in [0, 0.1) is 5.92 Å². The van der Waals surface area contributed by atoms with Gasteiger partial charge >= 0.3 is 0 Å². The van der Waals surface area contributed by atoms with Gasteiger partial charge in [-0.2, -0.15) is 0 Å². The predicted molar refractivity (Wildman–Crippen MR) is 171 cm³/mol. The Bertz CT molecular complexity index is 1820. The number of benzene rings is 5. The van der Waals surface area contributed by atoms with Gasteiger partial charge in [0, 0.05) is 16.7 Å². The summed E-state index contributed by atoms with van der Waals surface area (Å²) in [7, 11) is 0. The van der Waals surface area contributed by atoms with Crippen molar-refractivity contribution in [2.45, 2.75) is 39.2 Å². The van der Waals surface area contributed by atoms with Crippen molar-refractivity contribution < 1.29 is 9.84 Å². The van der Waals surface area contributed by atoms with E-state index in [4.69, 9.17) is 4.74 Å². The van der Waals surface area contributed by atoms with E-state index in [1.54, 1.807) is 0 Å². The molecule has 0 radical (unpaired) electrons. The third kappa shape index (κ3) is 5.48. The third-order valence-electron chi connectivity index (χ3n) is 8.20. The van der Waals surface area contributed by atoms with Crippen LogP contribution < -0.4 is 4.74 Å². The van der Waals surface area contributed by atoms with Crippen molar-refractivity contribution in [3.8, 4) is 39.4 Å². The largest absolute Gasteiger partial charge is 0.490 e. The fraction of sp³-hybridized carbons (Fsp3) is 0.216. The molecule has 6 aromatic rings. The Balaban J connectivity index is 1.54. The van der Waals surface area contributed by atoms with Gasteiger partial charge < -0.3 is 9.84 Å². The zero-order chi connectivity index (χ0) is 28.9. The Kier molecular flexibility index (Phi) is 8.20. The lowest BCUT2D eigenvalue weighted by atomic mass is 9.90. The second-order valence-electron chi connectivity index (χ2n) is 10.8. The first-order valence-electron chi connectivity index (χ1n) is 14.8. The van der Waals surface area contributed by atoms with Crippen LogP contribution in [-0.4, -0.2) is 33.2 Å². The first-order chi connectivity index (χ1) is 20.7. The summed E-state index contributed by atoms with van der Waals surface area (Å²) in [6, 6.07) is 37.2. The Morgan fingerprint density at radius 2 is 1.14 bits per heavy atom. The van der Waals surface area contributed by atoms with Gasteiger partial charge in [0.15, 0.2) is 0 Å². The van der Waals surface area contributed by atoms with Gasteiger partial charge in [-0.05, 0) is 56.8 Å². The summed E-state index contributed by atoms with van der Waals surface area (Å²) in [5.74, 6) is 1.14. The molecule has 0 amide bonds. The van der Waals surface area contributed by atoms with E-state index in [1.165, 1.54) is 0 Å². The zero-order valence-electron chi connectivity index (χ0n) is 24.1. The molecule has 0 aliphatic carbocycles. The molecule has 0 fully saturated rings. The number of nitrogens with zero attached hydrogens (tertiary/aromatic N) is 3. The van der Waals surface area contributed by atoms with E-state index < -0.39 is 6.10 Å². The fourth-order valence-electron chi connectivity index (χ4n) is 5.88. The standard InChI is InChI=1S/C37H35N3O2/c1-3-25(4-2)23-28(41)24-42-34-22-10-9-19-33(34)37-35(31-20-11-15-26-13-5-7-17-29(26)31)36(38-40-39-37)32-21-12-16-27-14-6-8-18-30(27)32/h5-22,25,28,41H,3-4,23-24H2,1-2H3. The summed E-state index contributed by atoms with van der Waals surface area (Å²) in [6.07, 6.45) is 2.26. The maximum absolute atomic E-state index is 10.8. The van der Waals surface area contributed by atoms with Crippen LogP contribution in [0.2, 0.25) is 0 Å². The molecular weight excluding hydrogens is 518 g/mol. The van der Waals surface area contributed by atoms with Crippen LogP contribution in [-0.2, 0) is 0 Å². The van der Waals surface area contributed by atoms with Crippen molar-refractivity contribution in [2.24, 2.45) is 5.92 Å². The molecule has 1 N–H and O–H groups in total. The van der Waals surface area contributed by atoms with Crippen molar-refractivity contribution >= 4 is 21.5 Å². The summed E-state index contributed by atoms with van der Waals surface area (Å²) in [4.78, 5) is 0. The van der Waals surface area contributed by atoms with Gasteiger partial charge in [-0.3, -0.25) is 0 Å². The summed E-state index contributed by atoms with van der Waals surface area (Å²) in [5.41, 5.74) is 5.17. The van der Waals surface area contributed by atoms with Crippen LogP contribution in [0.5, 0.6) is 5.75 Å². The average molecular weight is 554 g/mol. The van der Waals surface area contributed by atoms with E-state index in [0.717, 1.165) is 68.8 Å². The molecule has 210 valence electrons. The highest BCUT2D eigenvalue weighted by Crippen LogP contribution is 2.43. The number of aliphatic hydroxyl groups excluding tert-OH is 1. The smallest absolute Gasteiger partial charge is 0.128 e. The van der Waals surface area contributed by atoms with E-state index >= 15 is 0 Å². The lowest BCUT2D eigenvalue weighted by Gasteiger charge is -2.20. The van der Waals surface area contributed by atoms with Crippen molar-refractivity contribution in [3.63, 3.8) is 0 Å². The predicted octanol–water partition coefficient (Wildman–Crippen LogP) is 8.75. The SMILES string of the molecule is CCC(CC)CC(O)COc1ccccc1-c1nnnc(-c2cccc3ccccc23)c1-c1cccc2ccccc12. The number of fused-ring (bicyclic) bond motifs is 2. The van der Waals surface area contributed by atoms with Crippen molar-refractivity contribution in [3.05, 3.63) is 109 Å². The molecule has 0 bridgehead atoms. The van der Waals surface area contributed by atoms with Gasteiger partial charge in [-0.1, -0.05) is 124 Å². The number of hydrogen-bond donors (Lipinski definition) is 1. The molecule has 5 heteroatoms. The van der Waals surface area contributed by atoms with Crippen molar-refractivity contribution in [1.82, 2.24) is 15.4 Å². The number of ether oxygens (including phenoxy) is 1. The highest BCUT2D eigenvalue weighted by molar-refractivity contribution is 6.07. The van der Waals surface area contributed by atoms with Gasteiger partial charge in [0.25, 0.3) is 0 Å². The highest BCUT2D eigenvalue weighted by atomic mass is 16.5. The van der Waals surface area contributed by atoms with Crippen molar-refractivity contribution in [2.75, 3.05) is 6.61 Å². The monoisotopic (exact) mass is 553 g/mol. The quantitative estimate of drug-likeness (QED) is 0.184. The topological polar surface area (TPSA) is 68.1 Å². The zero-order valence-corrected chi connectivity index (χ0v) is 24.1. The van der Waals surface area contributed by atoms with Crippen LogP contribution in [0.4, 0.5) is 0 Å². The lowest BCUT2D eigenvalue weighted by Crippen LogP contribution is -2.21. The summed E-state index contributed by atoms with van der Waals surface area (Å²) in [6.45, 7) is 4.55. The normalized spacial score (nSPS) is 12.2. The van der Waals surface area contributed by atoms with E-state index in [1.807, 2.05) is 30.3 Å². The van der Waals surface area contributed by atoms with E-state index in [2.05, 4.69) is 108 Å². The number of para-hydroxylation sites is 1. The van der Waals surface area contributed by atoms with Crippen LogP contribution in [0.15, 0.2) is 109 Å². The maximum atomic E-state index is 10.8. The summed E-state index contributed by atoms with van der Waals surface area (Å²) >= 11 is 0. The number of rotatable bonds is 10. The second-order valence-corrected chi connectivity index (χ2v) is 10.8. The van der Waals surface area contributed by atoms with Crippen LogP contribution in [0.25, 0.3) is 55.2 Å². The van der Waals surface area contributed by atoms with Gasteiger partial charge in [0.2, 0.25) is 0 Å². The molecule has 0 spiro atoms. The third-order valence-corrected chi connectivity index (χ3v) is 8.20. The number of aromatic nitrogens is 3. The van der Waals surface area contributed by atoms with E-state index in [-0.39, 0.29) is 6.61 Å². The minimum Gasteiger partial charge on any atom is -0.490 e. The van der Waals surface area contributed by atoms with Gasteiger partial charge in [-0.25, -0.2) is 0 Å². The first-order valence-corrected chi connectivity index (χ1v) is 14.8. The molecule has 1 heterocycles. The minimum absolute atomic E-state index is 0.214. The molecule has 5 nitrogen and oxygen atoms in total. The maximum Gasteiger partial charge on any atom is 0.128 e. The summed E-state index contributed by atoms with van der Waals surface area (Å²) < 4.78 is 6.30. The molecule has 0 saturated carbocycles. The molecule has 6 rings (SSSR count). The van der Waals surface area contributed by atoms with Crippen LogP contribution in [0.3, 0.4) is 0 Å². The molecule has 0 aliphatic rings. The van der Waals surface area contributed by atoms with Crippen LogP contribution in [0.1, 0.15) is 33.1 Å². The van der Waals surface area contributed by atoms with Crippen LogP contribution >= 0.6 is 0 Å². The van der Waals surface area contributed by atoms with Gasteiger partial charge in [0.1, 0.15) is 23.7 Å². The Morgan fingerprint density at radius 1 is 0.619 bits per heavy atom. The Labute approximate surface area is 246 Å². The first kappa shape index (κ1) is 27.6. The molecule has 1 atom stereocenters. The highest BCUT2D eigenvalue weighted by Gasteiger charge is 2.23. The Morgan fingerprint density at radius 3 is 1.83 bits per heavy atom. The molecular formula is C37H35N3O2. The molecule has 42 heavy (non-hydrogen) atoms. The fourth-order valence-corrected chi connectivity index (χ4v) is 5.88. The average Bonchev–Trinajstić information content (AvgIpc) is 3.05. The van der Waals surface area contributed by atoms with E-state index in [0.29, 0.717) is 17.4 Å². The Hall–Kier alpha value is -4.61. The lowest BCUT2D eigenvalue weighted by molar-refractivity contribution is 0.0836. The van der Waals surface area contributed by atoms with E-state index in [9.17, 15) is 5.11 Å². The summed E-state index contributed by atoms with van der Waals surface area (Å²) in [5, 5.41) is 28.9. The number of hydrogen-bond acceptors (Lipinski definition) is 5. The molecule has 1 unspecified atom stereocenters. The molecule has 0 aliphatic heterocycles. The van der Waals surface area contributed by atoms with Gasteiger partial charge in [-0.15, -0.1) is 10.2 Å². The molecule has 1 aromatic heterocycles. The molecule has 0 saturated heterocycles. The number of aliphatic hydroxyl groups is 1. The minimum atomic E-state index is -0.546.